The van der Waals surface area contributed by atoms with Gasteiger partial charge in [-0.05, 0) is 93.7 Å². The zero-order chi connectivity index (χ0) is 21.2. The van der Waals surface area contributed by atoms with E-state index < -0.39 is 0 Å². The number of carbonyl (C=O) groups is 1. The molecule has 3 heteroatoms. The number of rotatable bonds is 5. The van der Waals surface area contributed by atoms with Crippen molar-refractivity contribution in [1.82, 2.24) is 0 Å². The predicted octanol–water partition coefficient (Wildman–Crippen LogP) is 7.34. The minimum Gasteiger partial charge on any atom is -0.459 e. The van der Waals surface area contributed by atoms with Gasteiger partial charge in [-0.25, -0.2) is 9.18 Å². The second-order valence-corrected chi connectivity index (χ2v) is 8.79. The van der Waals surface area contributed by atoms with Crippen molar-refractivity contribution in [1.29, 1.82) is 0 Å². The average molecular weight is 385 g/mol. The summed E-state index contributed by atoms with van der Waals surface area (Å²) in [6.45, 7) is 18.0. The molecule has 2 rings (SSSR count). The topological polar surface area (TPSA) is 26.3 Å². The van der Waals surface area contributed by atoms with E-state index in [0.29, 0.717) is 22.3 Å². The normalized spacial score (nSPS) is 17.5. The first-order chi connectivity index (χ1) is 13.0. The molecule has 1 aliphatic rings. The zero-order valence-corrected chi connectivity index (χ0v) is 18.3. The molecular weight excluding hydrogens is 351 g/mol. The lowest BCUT2D eigenvalue weighted by Crippen LogP contribution is -2.22. The van der Waals surface area contributed by atoms with Crippen molar-refractivity contribution in [3.8, 4) is 0 Å². The summed E-state index contributed by atoms with van der Waals surface area (Å²) in [7, 11) is 0. The van der Waals surface area contributed by atoms with Crippen LogP contribution < -0.4 is 0 Å². The van der Waals surface area contributed by atoms with Crippen LogP contribution in [0.25, 0.3) is 5.83 Å². The number of ether oxygens (including phenoxy) is 1. The maximum atomic E-state index is 15.4. The van der Waals surface area contributed by atoms with Crippen LogP contribution >= 0.6 is 0 Å². The first-order valence-corrected chi connectivity index (χ1v) is 10.0. The third-order valence-corrected chi connectivity index (χ3v) is 5.58. The lowest BCUT2D eigenvalue weighted by atomic mass is 9.69. The van der Waals surface area contributed by atoms with Gasteiger partial charge >= 0.3 is 5.97 Å². The summed E-state index contributed by atoms with van der Waals surface area (Å²) >= 11 is 0. The molecule has 0 atom stereocenters. The Hall–Kier alpha value is -2.16. The highest BCUT2D eigenvalue weighted by atomic mass is 19.1. The van der Waals surface area contributed by atoms with E-state index in [0.717, 1.165) is 24.8 Å². The summed E-state index contributed by atoms with van der Waals surface area (Å²) in [5.41, 5.74) is 5.46. The van der Waals surface area contributed by atoms with E-state index in [4.69, 9.17) is 4.74 Å². The fourth-order valence-corrected chi connectivity index (χ4v) is 4.13. The Morgan fingerprint density at radius 1 is 1.25 bits per heavy atom. The number of hydrogen-bond acceptors (Lipinski definition) is 2. The Balaban J connectivity index is 2.40. The van der Waals surface area contributed by atoms with Crippen LogP contribution in [0.5, 0.6) is 0 Å². The summed E-state index contributed by atoms with van der Waals surface area (Å²) in [4.78, 5) is 12.1. The first-order valence-electron chi connectivity index (χ1n) is 10.0. The second-order valence-electron chi connectivity index (χ2n) is 8.79. The van der Waals surface area contributed by atoms with Gasteiger partial charge in [-0.3, -0.25) is 0 Å². The lowest BCUT2D eigenvalue weighted by molar-refractivity contribution is 0.0378. The molecule has 0 bridgehead atoms. The number of aryl methyl sites for hydroxylation is 1. The molecule has 0 spiro atoms. The van der Waals surface area contributed by atoms with Crippen molar-refractivity contribution in [2.24, 2.45) is 5.41 Å². The smallest absolute Gasteiger partial charge is 0.338 e. The zero-order valence-electron chi connectivity index (χ0n) is 18.3. The second kappa shape index (κ2) is 8.46. The van der Waals surface area contributed by atoms with Gasteiger partial charge in [-0.15, -0.1) is 0 Å². The number of allylic oxidation sites excluding steroid dienone is 4. The molecule has 0 radical (unpaired) electrons. The van der Waals surface area contributed by atoms with Crippen molar-refractivity contribution in [2.45, 2.75) is 73.8 Å². The van der Waals surface area contributed by atoms with E-state index in [1.165, 1.54) is 11.1 Å². The Morgan fingerprint density at radius 2 is 1.89 bits per heavy atom. The van der Waals surface area contributed by atoms with E-state index in [9.17, 15) is 4.79 Å². The highest BCUT2D eigenvalue weighted by Gasteiger charge is 2.31. The molecule has 0 amide bonds. The van der Waals surface area contributed by atoms with Crippen LogP contribution in [0.15, 0.2) is 47.1 Å². The summed E-state index contributed by atoms with van der Waals surface area (Å²) in [5.74, 6) is -0.673. The fraction of sp³-hybridized carbons (Fsp3) is 0.480. The SMILES string of the molecule is C=C(C(C)=C(F)c1ccc(C(=O)OC(C)C)cc1C)C1=C(C)CCCC1(C)C. The standard InChI is InChI=1S/C25H33FO2/c1-15(2)28-24(27)20-11-12-21(17(4)14-20)23(26)19(6)18(5)22-16(3)10-9-13-25(22,7)8/h11-12,14-15H,5,9-10,13H2,1-4,6-8H3. The molecule has 0 heterocycles. The number of hydrogen-bond donors (Lipinski definition) is 0. The van der Waals surface area contributed by atoms with E-state index in [2.05, 4.69) is 27.4 Å². The third kappa shape index (κ3) is 4.63. The number of halogens is 1. The van der Waals surface area contributed by atoms with Gasteiger partial charge in [0.05, 0.1) is 11.7 Å². The minimum atomic E-state index is -0.389. The van der Waals surface area contributed by atoms with Gasteiger partial charge in [0.2, 0.25) is 0 Å². The van der Waals surface area contributed by atoms with Crippen molar-refractivity contribution in [3.63, 3.8) is 0 Å². The van der Waals surface area contributed by atoms with E-state index in [-0.39, 0.29) is 23.3 Å². The molecule has 2 nitrogen and oxygen atoms in total. The fourth-order valence-electron chi connectivity index (χ4n) is 4.13. The van der Waals surface area contributed by atoms with Crippen molar-refractivity contribution in [3.05, 3.63) is 63.8 Å². The molecule has 1 aromatic carbocycles. The average Bonchev–Trinajstić information content (AvgIpc) is 2.58. The molecule has 0 saturated heterocycles. The van der Waals surface area contributed by atoms with Crippen LogP contribution in [-0.2, 0) is 4.74 Å². The summed E-state index contributed by atoms with van der Waals surface area (Å²) in [6.07, 6.45) is 3.09. The van der Waals surface area contributed by atoms with Gasteiger partial charge in [-0.1, -0.05) is 32.1 Å². The molecule has 0 N–H and O–H groups in total. The van der Waals surface area contributed by atoms with Crippen molar-refractivity contribution >= 4 is 11.8 Å². The Labute approximate surface area is 169 Å². The molecule has 0 aromatic heterocycles. The number of esters is 1. The number of benzene rings is 1. The summed E-state index contributed by atoms with van der Waals surface area (Å²) in [6, 6.07) is 4.97. The Bertz CT molecular complexity index is 853. The molecule has 0 unspecified atom stereocenters. The van der Waals surface area contributed by atoms with Gasteiger partial charge < -0.3 is 4.74 Å². The molecule has 28 heavy (non-hydrogen) atoms. The maximum absolute atomic E-state index is 15.4. The van der Waals surface area contributed by atoms with Crippen molar-refractivity contribution < 1.29 is 13.9 Å². The van der Waals surface area contributed by atoms with Gasteiger partial charge in [0, 0.05) is 5.56 Å². The molecule has 0 saturated carbocycles. The maximum Gasteiger partial charge on any atom is 0.338 e. The van der Waals surface area contributed by atoms with Gasteiger partial charge in [0.15, 0.2) is 0 Å². The quantitative estimate of drug-likeness (QED) is 0.392. The van der Waals surface area contributed by atoms with Gasteiger partial charge in [0.25, 0.3) is 0 Å². The monoisotopic (exact) mass is 384 g/mol. The molecule has 1 aromatic rings. The van der Waals surface area contributed by atoms with Gasteiger partial charge in [0.1, 0.15) is 5.83 Å². The molecule has 152 valence electrons. The molecule has 1 aliphatic carbocycles. The van der Waals surface area contributed by atoms with E-state index in [1.807, 2.05) is 6.92 Å². The minimum absolute atomic E-state index is 0.000459. The van der Waals surface area contributed by atoms with Crippen LogP contribution in [0.4, 0.5) is 4.39 Å². The van der Waals surface area contributed by atoms with E-state index in [1.54, 1.807) is 39.0 Å². The van der Waals surface area contributed by atoms with Crippen LogP contribution in [0.3, 0.4) is 0 Å². The highest BCUT2D eigenvalue weighted by molar-refractivity contribution is 5.90. The van der Waals surface area contributed by atoms with E-state index >= 15 is 4.39 Å². The van der Waals surface area contributed by atoms with Crippen LogP contribution in [-0.4, -0.2) is 12.1 Å². The Kier molecular flexibility index (Phi) is 6.69. The summed E-state index contributed by atoms with van der Waals surface area (Å²) < 4.78 is 20.6. The van der Waals surface area contributed by atoms with Crippen LogP contribution in [0.2, 0.25) is 0 Å². The lowest BCUT2D eigenvalue weighted by Gasteiger charge is -2.36. The highest BCUT2D eigenvalue weighted by Crippen LogP contribution is 2.46. The Morgan fingerprint density at radius 3 is 2.43 bits per heavy atom. The predicted molar refractivity (Wildman–Crippen MR) is 115 cm³/mol. The van der Waals surface area contributed by atoms with Gasteiger partial charge in [-0.2, -0.15) is 0 Å². The van der Waals surface area contributed by atoms with Crippen molar-refractivity contribution in [2.75, 3.05) is 0 Å². The largest absolute Gasteiger partial charge is 0.459 e. The molecule has 0 fully saturated rings. The first kappa shape index (κ1) is 22.1. The molecular formula is C25H33FO2. The summed E-state index contributed by atoms with van der Waals surface area (Å²) in [5, 5.41) is 0. The molecule has 0 aliphatic heterocycles. The van der Waals surface area contributed by atoms with Crippen LogP contribution in [0, 0.1) is 12.3 Å². The van der Waals surface area contributed by atoms with Crippen LogP contribution in [0.1, 0.15) is 82.3 Å². The number of carbonyl (C=O) groups excluding carboxylic acids is 1. The third-order valence-electron chi connectivity index (χ3n) is 5.58.